The lowest BCUT2D eigenvalue weighted by atomic mass is 9.97. The summed E-state index contributed by atoms with van der Waals surface area (Å²) in [4.78, 5) is 11.5. The fourth-order valence-electron chi connectivity index (χ4n) is 2.93. The molecule has 0 aromatic heterocycles. The summed E-state index contributed by atoms with van der Waals surface area (Å²) in [6.07, 6.45) is 8.77. The van der Waals surface area contributed by atoms with Crippen LogP contribution in [0.25, 0.3) is 17.8 Å². The zero-order valence-electron chi connectivity index (χ0n) is 14.2. The number of carbonyl (C=O) groups is 1. The molecule has 0 radical (unpaired) electrons. The number of rotatable bonds is 6. The fourth-order valence-corrected chi connectivity index (χ4v) is 2.93. The summed E-state index contributed by atoms with van der Waals surface area (Å²) < 4.78 is 0. The molecule has 2 aromatic rings. The van der Waals surface area contributed by atoms with Gasteiger partial charge in [-0.25, -0.2) is 0 Å². The first-order valence-electron chi connectivity index (χ1n) is 8.47. The molecule has 3 nitrogen and oxygen atoms in total. The minimum atomic E-state index is -0.162. The number of nitrogens with one attached hydrogen (secondary N) is 2. The lowest BCUT2D eigenvalue weighted by Gasteiger charge is -2.15. The number of benzene rings is 2. The average molecular weight is 330 g/mol. The first-order chi connectivity index (χ1) is 12.3. The van der Waals surface area contributed by atoms with E-state index in [-0.39, 0.29) is 5.91 Å². The van der Waals surface area contributed by atoms with E-state index >= 15 is 0 Å². The van der Waals surface area contributed by atoms with Gasteiger partial charge in [0, 0.05) is 24.4 Å². The molecule has 25 heavy (non-hydrogen) atoms. The van der Waals surface area contributed by atoms with Crippen molar-refractivity contribution < 1.29 is 4.79 Å². The summed E-state index contributed by atoms with van der Waals surface area (Å²) >= 11 is 0. The van der Waals surface area contributed by atoms with Crippen LogP contribution in [0.5, 0.6) is 0 Å². The lowest BCUT2D eigenvalue weighted by Crippen LogP contribution is -2.21. The highest BCUT2D eigenvalue weighted by atomic mass is 16.1. The molecule has 2 N–H and O–H groups in total. The van der Waals surface area contributed by atoms with Crippen molar-refractivity contribution in [3.63, 3.8) is 0 Å². The molecular weight excluding hydrogens is 308 g/mol. The van der Waals surface area contributed by atoms with Crippen molar-refractivity contribution in [2.24, 2.45) is 0 Å². The predicted molar refractivity (Wildman–Crippen MR) is 104 cm³/mol. The second-order valence-corrected chi connectivity index (χ2v) is 5.88. The topological polar surface area (TPSA) is 41.1 Å². The van der Waals surface area contributed by atoms with Crippen LogP contribution in [0.15, 0.2) is 67.3 Å². The van der Waals surface area contributed by atoms with Crippen LogP contribution in [0.4, 0.5) is 0 Å². The molecule has 0 bridgehead atoms. The monoisotopic (exact) mass is 330 g/mol. The van der Waals surface area contributed by atoms with Gasteiger partial charge in [-0.3, -0.25) is 4.79 Å². The van der Waals surface area contributed by atoms with Crippen LogP contribution >= 0.6 is 0 Å². The van der Waals surface area contributed by atoms with Gasteiger partial charge in [-0.2, -0.15) is 0 Å². The molecule has 2 aromatic carbocycles. The van der Waals surface area contributed by atoms with Crippen LogP contribution in [-0.2, 0) is 11.3 Å². The Hall–Kier alpha value is -3.07. The van der Waals surface area contributed by atoms with Crippen molar-refractivity contribution >= 4 is 23.8 Å². The van der Waals surface area contributed by atoms with E-state index in [4.69, 9.17) is 0 Å². The van der Waals surface area contributed by atoms with Gasteiger partial charge >= 0.3 is 0 Å². The quantitative estimate of drug-likeness (QED) is 0.621. The van der Waals surface area contributed by atoms with Gasteiger partial charge in [0.25, 0.3) is 0 Å². The van der Waals surface area contributed by atoms with Crippen molar-refractivity contribution in [3.05, 3.63) is 89.5 Å². The average Bonchev–Trinajstić information content (AvgIpc) is 3.19. The molecule has 1 heterocycles. The van der Waals surface area contributed by atoms with E-state index in [1.807, 2.05) is 24.3 Å². The molecular formula is C22H22N2O. The van der Waals surface area contributed by atoms with Gasteiger partial charge in [-0.1, -0.05) is 73.3 Å². The van der Waals surface area contributed by atoms with E-state index in [0.29, 0.717) is 6.54 Å². The Kier molecular flexibility index (Phi) is 5.47. The molecule has 0 fully saturated rings. The Morgan fingerprint density at radius 2 is 1.96 bits per heavy atom. The van der Waals surface area contributed by atoms with Crippen molar-refractivity contribution in [1.82, 2.24) is 10.6 Å². The molecule has 0 aliphatic carbocycles. The van der Waals surface area contributed by atoms with Crippen LogP contribution in [0, 0.1) is 0 Å². The summed E-state index contributed by atoms with van der Waals surface area (Å²) in [6.45, 7) is 4.93. The van der Waals surface area contributed by atoms with E-state index < -0.39 is 0 Å². The van der Waals surface area contributed by atoms with Crippen LogP contribution < -0.4 is 10.6 Å². The summed E-state index contributed by atoms with van der Waals surface area (Å²) in [5, 5.41) is 6.33. The maximum atomic E-state index is 11.5. The third-order valence-electron chi connectivity index (χ3n) is 4.15. The second kappa shape index (κ2) is 8.15. The Balaban J connectivity index is 1.95. The molecule has 0 atom stereocenters. The smallest absolute Gasteiger partial charge is 0.243 e. The third kappa shape index (κ3) is 4.27. The Morgan fingerprint density at radius 3 is 2.68 bits per heavy atom. The highest BCUT2D eigenvalue weighted by Gasteiger charge is 2.14. The minimum absolute atomic E-state index is 0.162. The van der Waals surface area contributed by atoms with Crippen LogP contribution in [0.2, 0.25) is 0 Å². The van der Waals surface area contributed by atoms with Crippen molar-refractivity contribution in [1.29, 1.82) is 0 Å². The molecule has 0 spiro atoms. The van der Waals surface area contributed by atoms with Gasteiger partial charge in [0.2, 0.25) is 5.91 Å². The maximum Gasteiger partial charge on any atom is 0.243 e. The van der Waals surface area contributed by atoms with Crippen LogP contribution in [0.1, 0.15) is 28.7 Å². The van der Waals surface area contributed by atoms with Gasteiger partial charge in [0.1, 0.15) is 0 Å². The Labute approximate surface area is 148 Å². The van der Waals surface area contributed by atoms with Crippen LogP contribution in [0.3, 0.4) is 0 Å². The molecule has 0 unspecified atom stereocenters. The zero-order valence-corrected chi connectivity index (χ0v) is 14.2. The Bertz CT molecular complexity index is 819. The molecule has 0 saturated heterocycles. The lowest BCUT2D eigenvalue weighted by molar-refractivity contribution is -0.116. The zero-order chi connectivity index (χ0) is 17.5. The minimum Gasteiger partial charge on any atom is -0.384 e. The summed E-state index contributed by atoms with van der Waals surface area (Å²) in [6, 6.07) is 16.4. The van der Waals surface area contributed by atoms with Gasteiger partial charge in [0.05, 0.1) is 0 Å². The summed E-state index contributed by atoms with van der Waals surface area (Å²) in [5.74, 6) is -0.162. The second-order valence-electron chi connectivity index (χ2n) is 5.88. The predicted octanol–water partition coefficient (Wildman–Crippen LogP) is 3.99. The Morgan fingerprint density at radius 1 is 1.12 bits per heavy atom. The highest BCUT2D eigenvalue weighted by Crippen LogP contribution is 2.26. The van der Waals surface area contributed by atoms with E-state index in [1.165, 1.54) is 6.08 Å². The largest absolute Gasteiger partial charge is 0.384 e. The van der Waals surface area contributed by atoms with E-state index in [0.717, 1.165) is 40.9 Å². The van der Waals surface area contributed by atoms with Gasteiger partial charge in [0.15, 0.2) is 0 Å². The summed E-state index contributed by atoms with van der Waals surface area (Å²) in [7, 11) is 0. The normalized spacial score (nSPS) is 13.4. The number of hydrogen-bond donors (Lipinski definition) is 2. The molecule has 1 aliphatic rings. The fraction of sp³-hybridized carbons (Fsp3) is 0.136. The van der Waals surface area contributed by atoms with Gasteiger partial charge < -0.3 is 10.6 Å². The molecule has 3 rings (SSSR count). The van der Waals surface area contributed by atoms with Crippen molar-refractivity contribution in [2.45, 2.75) is 13.0 Å². The summed E-state index contributed by atoms with van der Waals surface area (Å²) in [5.41, 5.74) is 5.67. The molecule has 3 heteroatoms. The maximum absolute atomic E-state index is 11.5. The number of carbonyl (C=O) groups excluding carboxylic acids is 1. The molecule has 1 amide bonds. The van der Waals surface area contributed by atoms with Crippen molar-refractivity contribution in [2.75, 3.05) is 6.54 Å². The number of hydrogen-bond acceptors (Lipinski definition) is 2. The van der Waals surface area contributed by atoms with Crippen molar-refractivity contribution in [3.8, 4) is 0 Å². The standard InChI is InChI=1S/C22H22N2O/c1-2-21(25)24-16-19-11-6-10-18(22(19)20-12-7-15-23-20)14-13-17-8-4-3-5-9-17/h2-6,8-14,23H,1,7,15-16H2,(H,24,25)/b14-13+. The molecule has 0 saturated carbocycles. The molecule has 126 valence electrons. The SMILES string of the molecule is C=CC(=O)NCc1cccc(/C=C/c2ccccc2)c1C1=CCCN1. The first kappa shape index (κ1) is 16.8. The highest BCUT2D eigenvalue weighted by molar-refractivity contribution is 5.87. The van der Waals surface area contributed by atoms with E-state index in [1.54, 1.807) is 0 Å². The number of amides is 1. The third-order valence-corrected chi connectivity index (χ3v) is 4.15. The van der Waals surface area contributed by atoms with E-state index in [2.05, 4.69) is 59.7 Å². The first-order valence-corrected chi connectivity index (χ1v) is 8.47. The van der Waals surface area contributed by atoms with Crippen LogP contribution in [-0.4, -0.2) is 12.5 Å². The van der Waals surface area contributed by atoms with Gasteiger partial charge in [-0.05, 0) is 29.2 Å². The molecule has 1 aliphatic heterocycles. The van der Waals surface area contributed by atoms with E-state index in [9.17, 15) is 4.79 Å². The van der Waals surface area contributed by atoms with Gasteiger partial charge in [-0.15, -0.1) is 0 Å².